The van der Waals surface area contributed by atoms with Crippen molar-refractivity contribution < 1.29 is 14.3 Å². The summed E-state index contributed by atoms with van der Waals surface area (Å²) in [6, 6.07) is 13.6. The number of hydrogen-bond acceptors (Lipinski definition) is 4. The van der Waals surface area contributed by atoms with E-state index in [1.165, 1.54) is 5.56 Å². The monoisotopic (exact) mass is 342 g/mol. The van der Waals surface area contributed by atoms with E-state index in [1.807, 2.05) is 12.1 Å². The number of ether oxygens (including phenoxy) is 2. The zero-order valence-corrected chi connectivity index (χ0v) is 15.3. The lowest BCUT2D eigenvalue weighted by Crippen LogP contribution is -2.16. The highest BCUT2D eigenvalue weighted by Crippen LogP contribution is 2.29. The Bertz CT molecular complexity index is 697. The Balaban J connectivity index is 1.84. The van der Waals surface area contributed by atoms with Crippen LogP contribution in [0.3, 0.4) is 0 Å². The number of nitrogens with one attached hydrogen (secondary N) is 2. The van der Waals surface area contributed by atoms with Crippen molar-refractivity contribution in [1.29, 1.82) is 0 Å². The van der Waals surface area contributed by atoms with Gasteiger partial charge in [-0.25, -0.2) is 0 Å². The second-order valence-corrected chi connectivity index (χ2v) is 6.07. The highest BCUT2D eigenvalue weighted by molar-refractivity contribution is 5.92. The molecule has 0 saturated heterocycles. The summed E-state index contributed by atoms with van der Waals surface area (Å²) in [6.07, 6.45) is 0.362. The molecule has 0 aliphatic carbocycles. The third kappa shape index (κ3) is 5.41. The number of carbonyl (C=O) groups is 1. The normalized spacial score (nSPS) is 10.4. The molecule has 0 heterocycles. The van der Waals surface area contributed by atoms with E-state index in [0.29, 0.717) is 36.1 Å². The number of anilines is 2. The largest absolute Gasteiger partial charge is 0.497 e. The van der Waals surface area contributed by atoms with E-state index in [9.17, 15) is 4.79 Å². The first kappa shape index (κ1) is 18.6. The Morgan fingerprint density at radius 1 is 1.04 bits per heavy atom. The average Bonchev–Trinajstić information content (AvgIpc) is 2.62. The van der Waals surface area contributed by atoms with Crippen LogP contribution in [0.4, 0.5) is 11.4 Å². The molecule has 0 fully saturated rings. The summed E-state index contributed by atoms with van der Waals surface area (Å²) in [5, 5.41) is 6.13. The quantitative estimate of drug-likeness (QED) is 0.752. The Kier molecular flexibility index (Phi) is 6.69. The lowest BCUT2D eigenvalue weighted by Gasteiger charge is -2.12. The predicted molar refractivity (Wildman–Crippen MR) is 102 cm³/mol. The van der Waals surface area contributed by atoms with Gasteiger partial charge in [-0.15, -0.1) is 0 Å². The third-order valence-corrected chi connectivity index (χ3v) is 3.94. The van der Waals surface area contributed by atoms with Gasteiger partial charge in [-0.05, 0) is 35.7 Å². The Labute approximate surface area is 149 Å². The van der Waals surface area contributed by atoms with Crippen molar-refractivity contribution in [3.05, 3.63) is 48.0 Å². The number of rotatable bonds is 8. The fraction of sp³-hybridized carbons (Fsp3) is 0.350. The highest BCUT2D eigenvalue weighted by Gasteiger charge is 2.09. The van der Waals surface area contributed by atoms with Crippen LogP contribution < -0.4 is 20.1 Å². The molecular weight excluding hydrogens is 316 g/mol. The molecule has 5 heteroatoms. The molecule has 0 spiro atoms. The molecule has 5 nitrogen and oxygen atoms in total. The third-order valence-electron chi connectivity index (χ3n) is 3.94. The maximum Gasteiger partial charge on any atom is 0.226 e. The number of methoxy groups -OCH3 is 2. The zero-order chi connectivity index (χ0) is 18.2. The van der Waals surface area contributed by atoms with Crippen molar-refractivity contribution in [3.63, 3.8) is 0 Å². The van der Waals surface area contributed by atoms with Gasteiger partial charge in [0, 0.05) is 24.7 Å². The van der Waals surface area contributed by atoms with E-state index < -0.39 is 0 Å². The number of hydrogen-bond donors (Lipinski definition) is 2. The Morgan fingerprint density at radius 3 is 2.36 bits per heavy atom. The van der Waals surface area contributed by atoms with Gasteiger partial charge in [-0.1, -0.05) is 26.0 Å². The van der Waals surface area contributed by atoms with Crippen LogP contribution in [0.15, 0.2) is 42.5 Å². The summed E-state index contributed by atoms with van der Waals surface area (Å²) in [5.41, 5.74) is 2.95. The van der Waals surface area contributed by atoms with E-state index in [4.69, 9.17) is 9.47 Å². The van der Waals surface area contributed by atoms with Crippen LogP contribution in [0.2, 0.25) is 0 Å². The molecule has 0 aliphatic rings. The van der Waals surface area contributed by atoms with E-state index >= 15 is 0 Å². The lowest BCUT2D eigenvalue weighted by atomic mass is 10.0. The molecule has 2 aromatic rings. The topological polar surface area (TPSA) is 59.6 Å². The molecule has 25 heavy (non-hydrogen) atoms. The van der Waals surface area contributed by atoms with Gasteiger partial charge in [-0.2, -0.15) is 0 Å². The molecule has 0 aromatic heterocycles. The van der Waals surface area contributed by atoms with Crippen molar-refractivity contribution in [2.24, 2.45) is 0 Å². The zero-order valence-electron chi connectivity index (χ0n) is 15.3. The molecule has 0 aliphatic heterocycles. The van der Waals surface area contributed by atoms with Gasteiger partial charge in [0.25, 0.3) is 0 Å². The van der Waals surface area contributed by atoms with Crippen LogP contribution in [0.25, 0.3) is 0 Å². The van der Waals surface area contributed by atoms with Gasteiger partial charge in [0.1, 0.15) is 11.5 Å². The molecule has 0 atom stereocenters. The predicted octanol–water partition coefficient (Wildman–Crippen LogP) is 4.27. The van der Waals surface area contributed by atoms with E-state index in [1.54, 1.807) is 32.4 Å². The van der Waals surface area contributed by atoms with Gasteiger partial charge < -0.3 is 20.1 Å². The van der Waals surface area contributed by atoms with Gasteiger partial charge in [0.2, 0.25) is 5.91 Å². The molecule has 2 aromatic carbocycles. The fourth-order valence-electron chi connectivity index (χ4n) is 2.42. The summed E-state index contributed by atoms with van der Waals surface area (Å²) in [4.78, 5) is 12.1. The van der Waals surface area contributed by atoms with Crippen molar-refractivity contribution in [3.8, 4) is 11.5 Å². The van der Waals surface area contributed by atoms with Gasteiger partial charge in [-0.3, -0.25) is 4.79 Å². The Morgan fingerprint density at radius 2 is 1.76 bits per heavy atom. The van der Waals surface area contributed by atoms with Gasteiger partial charge >= 0.3 is 0 Å². The average molecular weight is 342 g/mol. The molecule has 2 N–H and O–H groups in total. The molecule has 1 amide bonds. The molecule has 0 radical (unpaired) electrons. The minimum Gasteiger partial charge on any atom is -0.497 e. The minimum atomic E-state index is -0.0743. The summed E-state index contributed by atoms with van der Waals surface area (Å²) >= 11 is 0. The smallest absolute Gasteiger partial charge is 0.226 e. The van der Waals surface area contributed by atoms with Crippen LogP contribution in [0.1, 0.15) is 31.7 Å². The number of amides is 1. The van der Waals surface area contributed by atoms with Crippen LogP contribution in [0.5, 0.6) is 11.5 Å². The maximum atomic E-state index is 12.1. The molecular formula is C20H26N2O3. The number of carbonyl (C=O) groups excluding carboxylic acids is 1. The van der Waals surface area contributed by atoms with E-state index in [2.05, 4.69) is 36.6 Å². The summed E-state index contributed by atoms with van der Waals surface area (Å²) in [7, 11) is 3.15. The van der Waals surface area contributed by atoms with Crippen LogP contribution >= 0.6 is 0 Å². The summed E-state index contributed by atoms with van der Waals surface area (Å²) in [6.45, 7) is 4.89. The van der Waals surface area contributed by atoms with Gasteiger partial charge in [0.15, 0.2) is 0 Å². The Hall–Kier alpha value is -2.69. The SMILES string of the molecule is COc1ccc(NC(=O)CCNc2ccc(C(C)C)cc2)c(OC)c1. The first-order valence-electron chi connectivity index (χ1n) is 8.39. The molecule has 0 saturated carbocycles. The minimum absolute atomic E-state index is 0.0743. The van der Waals surface area contributed by atoms with E-state index in [-0.39, 0.29) is 5.91 Å². The van der Waals surface area contributed by atoms with Gasteiger partial charge in [0.05, 0.1) is 19.9 Å². The fourth-order valence-corrected chi connectivity index (χ4v) is 2.42. The second-order valence-electron chi connectivity index (χ2n) is 6.07. The first-order valence-corrected chi connectivity index (χ1v) is 8.39. The summed E-state index contributed by atoms with van der Waals surface area (Å²) < 4.78 is 10.4. The van der Waals surface area contributed by atoms with Crippen molar-refractivity contribution in [2.75, 3.05) is 31.4 Å². The van der Waals surface area contributed by atoms with Crippen LogP contribution in [-0.2, 0) is 4.79 Å². The number of benzene rings is 2. The first-order chi connectivity index (χ1) is 12.0. The van der Waals surface area contributed by atoms with E-state index in [0.717, 1.165) is 5.69 Å². The highest BCUT2D eigenvalue weighted by atomic mass is 16.5. The molecule has 134 valence electrons. The standard InChI is InChI=1S/C20H26N2O3/c1-14(2)15-5-7-16(8-6-15)21-12-11-20(23)22-18-10-9-17(24-3)13-19(18)25-4/h5-10,13-14,21H,11-12H2,1-4H3,(H,22,23). The van der Waals surface area contributed by atoms with Crippen molar-refractivity contribution >= 4 is 17.3 Å². The molecule has 2 rings (SSSR count). The molecule has 0 unspecified atom stereocenters. The van der Waals surface area contributed by atoms with Crippen molar-refractivity contribution in [1.82, 2.24) is 0 Å². The van der Waals surface area contributed by atoms with Crippen LogP contribution in [-0.4, -0.2) is 26.7 Å². The van der Waals surface area contributed by atoms with Crippen molar-refractivity contribution in [2.45, 2.75) is 26.2 Å². The maximum absolute atomic E-state index is 12.1. The lowest BCUT2D eigenvalue weighted by molar-refractivity contribution is -0.116. The molecule has 0 bridgehead atoms. The summed E-state index contributed by atoms with van der Waals surface area (Å²) in [5.74, 6) is 1.69. The van der Waals surface area contributed by atoms with Crippen LogP contribution in [0, 0.1) is 0 Å². The second kappa shape index (κ2) is 8.97.